The number of epoxide rings is 1. The van der Waals surface area contributed by atoms with Crippen molar-refractivity contribution in [2.24, 2.45) is 0 Å². The van der Waals surface area contributed by atoms with Crippen LogP contribution in [0.15, 0.2) is 0 Å². The first-order valence-corrected chi connectivity index (χ1v) is 4.71. The second kappa shape index (κ2) is 4.15. The van der Waals surface area contributed by atoms with Crippen molar-refractivity contribution in [3.8, 4) is 5.75 Å². The lowest BCUT2D eigenvalue weighted by Crippen LogP contribution is -2.43. The minimum Gasteiger partial charge on any atom is -0.421 e. The second-order valence-electron chi connectivity index (χ2n) is 3.73. The van der Waals surface area contributed by atoms with Crippen LogP contribution in [0.25, 0.3) is 0 Å². The van der Waals surface area contributed by atoms with Crippen molar-refractivity contribution in [3.05, 3.63) is 29.1 Å². The molecule has 0 saturated carbocycles. The zero-order valence-electron chi connectivity index (χ0n) is 9.10. The molecule has 1 aliphatic heterocycles. The van der Waals surface area contributed by atoms with Crippen LogP contribution in [0.3, 0.4) is 0 Å². The van der Waals surface area contributed by atoms with Gasteiger partial charge < -0.3 is 4.74 Å². The van der Waals surface area contributed by atoms with Gasteiger partial charge in [0.15, 0.2) is 0 Å². The van der Waals surface area contributed by atoms with E-state index in [2.05, 4.69) is 9.47 Å². The van der Waals surface area contributed by atoms with Crippen molar-refractivity contribution in [2.75, 3.05) is 0 Å². The molecule has 1 aromatic carbocycles. The Labute approximate surface area is 107 Å². The van der Waals surface area contributed by atoms with Crippen molar-refractivity contribution >= 4 is 0 Å². The first-order valence-electron chi connectivity index (χ1n) is 4.71. The molecule has 2 nitrogen and oxygen atoms in total. The summed E-state index contributed by atoms with van der Waals surface area (Å²) in [6, 6.07) is 0. The monoisotopic (exact) mass is 330 g/mol. The maximum Gasteiger partial charge on any atom is 0.469 e. The minimum atomic E-state index is -5.73. The number of alkyl halides is 5. The quantitative estimate of drug-likeness (QED) is 0.365. The molecule has 1 saturated heterocycles. The van der Waals surface area contributed by atoms with Gasteiger partial charge >= 0.3 is 18.1 Å². The zero-order valence-corrected chi connectivity index (χ0v) is 9.10. The molecular weight excluding hydrogens is 330 g/mol. The minimum absolute atomic E-state index is 2.63. The Bertz CT molecular complexity index is 586. The van der Waals surface area contributed by atoms with E-state index in [1.807, 2.05) is 0 Å². The standard InChI is InChI=1S/C9F10O2/c10-1-2(11)4(13)6(5(14)3(1)12)20-8(16,17)7(15)9(18,19)21-7. The molecule has 1 unspecified atom stereocenters. The highest BCUT2D eigenvalue weighted by Crippen LogP contribution is 2.60. The van der Waals surface area contributed by atoms with Crippen LogP contribution in [0.5, 0.6) is 5.75 Å². The molecule has 1 heterocycles. The molecule has 1 aliphatic rings. The summed E-state index contributed by atoms with van der Waals surface area (Å²) in [5, 5.41) is 0. The van der Waals surface area contributed by atoms with Crippen molar-refractivity contribution in [3.63, 3.8) is 0 Å². The molecule has 1 atom stereocenters. The summed E-state index contributed by atoms with van der Waals surface area (Å²) < 4.78 is 133. The van der Waals surface area contributed by atoms with Gasteiger partial charge in [0.2, 0.25) is 34.8 Å². The highest BCUT2D eigenvalue weighted by Gasteiger charge is 2.91. The van der Waals surface area contributed by atoms with Crippen LogP contribution >= 0.6 is 0 Å². The molecule has 1 aromatic rings. The third-order valence-electron chi connectivity index (χ3n) is 2.38. The second-order valence-corrected chi connectivity index (χ2v) is 3.73. The summed E-state index contributed by atoms with van der Waals surface area (Å²) in [4.78, 5) is 0. The Morgan fingerprint density at radius 3 is 1.43 bits per heavy atom. The Balaban J connectivity index is 2.46. The molecule has 0 aliphatic carbocycles. The molecule has 0 radical (unpaired) electrons. The Morgan fingerprint density at radius 2 is 1.10 bits per heavy atom. The van der Waals surface area contributed by atoms with E-state index in [0.717, 1.165) is 0 Å². The number of benzene rings is 1. The van der Waals surface area contributed by atoms with Crippen molar-refractivity contribution in [2.45, 2.75) is 18.1 Å². The van der Waals surface area contributed by atoms with Crippen LogP contribution < -0.4 is 4.74 Å². The average Bonchev–Trinajstić information content (AvgIpc) is 2.91. The number of ether oxygens (including phenoxy) is 2. The van der Waals surface area contributed by atoms with Gasteiger partial charge in [0, 0.05) is 0 Å². The fourth-order valence-electron chi connectivity index (χ4n) is 1.25. The van der Waals surface area contributed by atoms with E-state index in [4.69, 9.17) is 0 Å². The summed E-state index contributed by atoms with van der Waals surface area (Å²) in [7, 11) is 0. The Morgan fingerprint density at radius 1 is 0.762 bits per heavy atom. The lowest BCUT2D eigenvalue weighted by atomic mass is 10.2. The summed E-state index contributed by atoms with van der Waals surface area (Å²) in [5.74, 6) is -21.6. The van der Waals surface area contributed by atoms with Crippen LogP contribution in [0.4, 0.5) is 43.9 Å². The number of rotatable bonds is 3. The molecule has 0 amide bonds. The topological polar surface area (TPSA) is 21.8 Å². The average molecular weight is 330 g/mol. The normalized spacial score (nSPS) is 24.1. The van der Waals surface area contributed by atoms with Gasteiger partial charge in [-0.15, -0.1) is 0 Å². The van der Waals surface area contributed by atoms with E-state index >= 15 is 0 Å². The van der Waals surface area contributed by atoms with E-state index in [9.17, 15) is 43.9 Å². The number of hydrogen-bond acceptors (Lipinski definition) is 2. The molecule has 0 aromatic heterocycles. The summed E-state index contributed by atoms with van der Waals surface area (Å²) in [6.45, 7) is 0. The molecule has 0 N–H and O–H groups in total. The summed E-state index contributed by atoms with van der Waals surface area (Å²) in [5.41, 5.74) is 0. The maximum atomic E-state index is 13.0. The van der Waals surface area contributed by atoms with Crippen LogP contribution in [0.1, 0.15) is 0 Å². The van der Waals surface area contributed by atoms with Crippen molar-refractivity contribution < 1.29 is 53.4 Å². The van der Waals surface area contributed by atoms with Crippen LogP contribution in [0, 0.1) is 29.1 Å². The first-order chi connectivity index (χ1) is 9.36. The van der Waals surface area contributed by atoms with Gasteiger partial charge in [0.05, 0.1) is 0 Å². The predicted octanol–water partition coefficient (Wildman–Crippen LogP) is 3.64. The van der Waals surface area contributed by atoms with Crippen LogP contribution in [0.2, 0.25) is 0 Å². The summed E-state index contributed by atoms with van der Waals surface area (Å²) in [6.07, 6.45) is -10.8. The number of hydrogen-bond donors (Lipinski definition) is 0. The molecule has 12 heteroatoms. The summed E-state index contributed by atoms with van der Waals surface area (Å²) >= 11 is 0. The molecule has 0 spiro atoms. The molecule has 1 fully saturated rings. The highest BCUT2D eigenvalue weighted by molar-refractivity contribution is 5.30. The van der Waals surface area contributed by atoms with E-state index in [0.29, 0.717) is 0 Å². The molecule has 118 valence electrons. The van der Waals surface area contributed by atoms with Crippen molar-refractivity contribution in [1.82, 2.24) is 0 Å². The van der Waals surface area contributed by atoms with Gasteiger partial charge in [-0.1, -0.05) is 0 Å². The third kappa shape index (κ3) is 2.00. The van der Waals surface area contributed by atoms with Gasteiger partial charge in [0.1, 0.15) is 0 Å². The first kappa shape index (κ1) is 15.7. The van der Waals surface area contributed by atoms with Crippen molar-refractivity contribution in [1.29, 1.82) is 0 Å². The number of halogens is 10. The van der Waals surface area contributed by atoms with Gasteiger partial charge in [-0.2, -0.15) is 30.7 Å². The van der Waals surface area contributed by atoms with E-state index in [1.54, 1.807) is 0 Å². The maximum absolute atomic E-state index is 13.0. The fourth-order valence-corrected chi connectivity index (χ4v) is 1.25. The van der Waals surface area contributed by atoms with Crippen LogP contribution in [-0.4, -0.2) is 18.1 Å². The van der Waals surface area contributed by atoms with E-state index < -0.39 is 52.9 Å². The van der Waals surface area contributed by atoms with E-state index in [-0.39, 0.29) is 0 Å². The van der Waals surface area contributed by atoms with Gasteiger partial charge in [-0.3, -0.25) is 4.74 Å². The Kier molecular flexibility index (Phi) is 3.09. The lowest BCUT2D eigenvalue weighted by molar-refractivity contribution is -0.266. The van der Waals surface area contributed by atoms with E-state index in [1.165, 1.54) is 0 Å². The SMILES string of the molecule is Fc1c(F)c(F)c(OC(F)(F)C2(F)OC2(F)F)c(F)c1F. The Hall–Kier alpha value is -1.72. The molecule has 0 bridgehead atoms. The highest BCUT2D eigenvalue weighted by atomic mass is 19.3. The molecular formula is C9F10O2. The third-order valence-corrected chi connectivity index (χ3v) is 2.38. The predicted molar refractivity (Wildman–Crippen MR) is 41.7 cm³/mol. The largest absolute Gasteiger partial charge is 0.469 e. The zero-order chi connectivity index (χ0) is 16.4. The lowest BCUT2D eigenvalue weighted by Gasteiger charge is -2.19. The van der Waals surface area contributed by atoms with Crippen LogP contribution in [-0.2, 0) is 4.74 Å². The smallest absolute Gasteiger partial charge is 0.421 e. The molecule has 2 rings (SSSR count). The van der Waals surface area contributed by atoms with Gasteiger partial charge in [-0.05, 0) is 0 Å². The van der Waals surface area contributed by atoms with Gasteiger partial charge in [0.25, 0.3) is 0 Å². The van der Waals surface area contributed by atoms with Gasteiger partial charge in [-0.25, -0.2) is 13.2 Å². The molecule has 21 heavy (non-hydrogen) atoms. The fraction of sp³-hybridized carbons (Fsp3) is 0.333.